The molecule has 1 amide bonds. The maximum Gasteiger partial charge on any atom is 0.406 e. The molecule has 100 valence electrons. The molecule has 1 N–H and O–H groups in total. The minimum atomic E-state index is -1.07. The van der Waals surface area contributed by atoms with E-state index in [9.17, 15) is 9.59 Å². The first-order valence-electron chi connectivity index (χ1n) is 5.35. The molecule has 0 radical (unpaired) electrons. The lowest BCUT2D eigenvalue weighted by atomic mass is 10.0. The molecule has 0 unspecified atom stereocenters. The van der Waals surface area contributed by atoms with E-state index in [2.05, 4.69) is 15.0 Å². The summed E-state index contributed by atoms with van der Waals surface area (Å²) in [4.78, 5) is 27.0. The van der Waals surface area contributed by atoms with E-state index in [-0.39, 0.29) is 6.54 Å². The summed E-state index contributed by atoms with van der Waals surface area (Å²) in [5, 5.41) is 2.49. The molecule has 0 bridgehead atoms. The number of nitrogens with zero attached hydrogens (tertiary/aromatic N) is 2. The molecule has 1 heterocycles. The van der Waals surface area contributed by atoms with Crippen molar-refractivity contribution in [2.24, 2.45) is 0 Å². The zero-order valence-electron chi connectivity index (χ0n) is 10.9. The van der Waals surface area contributed by atoms with Crippen LogP contribution in [0.15, 0.2) is 12.5 Å². The highest BCUT2D eigenvalue weighted by Gasteiger charge is 2.37. The maximum absolute atomic E-state index is 11.9. The molecule has 1 aromatic heterocycles. The number of methoxy groups -OCH3 is 2. The molecule has 0 saturated heterocycles. The summed E-state index contributed by atoms with van der Waals surface area (Å²) >= 11 is 0. The number of carbonyl (C=O) groups excluding carboxylic acids is 2. The molecule has 0 aromatic carbocycles. The highest BCUT2D eigenvalue weighted by Crippen LogP contribution is 2.19. The highest BCUT2D eigenvalue weighted by molar-refractivity contribution is 5.79. The first kappa shape index (κ1) is 14.0. The zero-order valence-corrected chi connectivity index (χ0v) is 10.9. The van der Waals surface area contributed by atoms with Crippen molar-refractivity contribution in [2.45, 2.75) is 19.4 Å². The number of aryl methyl sites for hydroxylation is 1. The number of rotatable bonds is 4. The van der Waals surface area contributed by atoms with Gasteiger partial charge >= 0.3 is 12.1 Å². The SMILES string of the molecule is COC(=O)NC[C@@](C)(C(=O)OC)n1cncc1C. The fourth-order valence-corrected chi connectivity index (χ4v) is 1.67. The number of nitrogens with one attached hydrogen (secondary N) is 1. The van der Waals surface area contributed by atoms with Crippen molar-refractivity contribution in [3.63, 3.8) is 0 Å². The monoisotopic (exact) mass is 255 g/mol. The predicted molar refractivity (Wildman–Crippen MR) is 63.0 cm³/mol. The molecular weight excluding hydrogens is 238 g/mol. The van der Waals surface area contributed by atoms with Gasteiger partial charge in [0.2, 0.25) is 0 Å². The Morgan fingerprint density at radius 2 is 2.11 bits per heavy atom. The summed E-state index contributed by atoms with van der Waals surface area (Å²) in [6, 6.07) is 0. The average Bonchev–Trinajstić information content (AvgIpc) is 2.81. The van der Waals surface area contributed by atoms with E-state index in [1.165, 1.54) is 20.5 Å². The second kappa shape index (κ2) is 5.52. The van der Waals surface area contributed by atoms with E-state index in [1.54, 1.807) is 17.7 Å². The van der Waals surface area contributed by atoms with Crippen molar-refractivity contribution in [2.75, 3.05) is 20.8 Å². The first-order chi connectivity index (χ1) is 8.45. The second-order valence-electron chi connectivity index (χ2n) is 4.02. The van der Waals surface area contributed by atoms with Crippen molar-refractivity contribution >= 4 is 12.1 Å². The lowest BCUT2D eigenvalue weighted by Crippen LogP contribution is -2.49. The van der Waals surface area contributed by atoms with Gasteiger partial charge < -0.3 is 19.4 Å². The van der Waals surface area contributed by atoms with Crippen molar-refractivity contribution in [3.8, 4) is 0 Å². The number of hydrogen-bond donors (Lipinski definition) is 1. The van der Waals surface area contributed by atoms with Crippen molar-refractivity contribution in [1.29, 1.82) is 0 Å². The van der Waals surface area contributed by atoms with E-state index < -0.39 is 17.6 Å². The summed E-state index contributed by atoms with van der Waals surface area (Å²) in [6.45, 7) is 3.51. The van der Waals surface area contributed by atoms with Gasteiger partial charge in [-0.05, 0) is 13.8 Å². The molecule has 0 aliphatic carbocycles. The number of amides is 1. The topological polar surface area (TPSA) is 82.5 Å². The number of esters is 1. The quantitative estimate of drug-likeness (QED) is 0.789. The number of imidazole rings is 1. The Bertz CT molecular complexity index is 443. The van der Waals surface area contributed by atoms with Crippen molar-refractivity contribution < 1.29 is 19.1 Å². The van der Waals surface area contributed by atoms with E-state index in [1.807, 2.05) is 6.92 Å². The molecular formula is C11H17N3O4. The van der Waals surface area contributed by atoms with Gasteiger partial charge in [-0.3, -0.25) is 0 Å². The van der Waals surface area contributed by atoms with Gasteiger partial charge in [0, 0.05) is 11.9 Å². The van der Waals surface area contributed by atoms with Gasteiger partial charge in [0.25, 0.3) is 0 Å². The molecule has 0 aliphatic rings. The third-order valence-electron chi connectivity index (χ3n) is 2.74. The summed E-state index contributed by atoms with van der Waals surface area (Å²) in [5.41, 5.74) is -0.279. The Kier molecular flexibility index (Phi) is 4.30. The molecule has 1 rings (SSSR count). The molecule has 7 nitrogen and oxygen atoms in total. The van der Waals surface area contributed by atoms with Gasteiger partial charge in [-0.2, -0.15) is 0 Å². The number of ether oxygens (including phenoxy) is 2. The normalized spacial score (nSPS) is 13.6. The van der Waals surface area contributed by atoms with Gasteiger partial charge in [-0.25, -0.2) is 14.6 Å². The van der Waals surface area contributed by atoms with Gasteiger partial charge in [0.15, 0.2) is 5.54 Å². The van der Waals surface area contributed by atoms with Gasteiger partial charge in [-0.1, -0.05) is 0 Å². The lowest BCUT2D eigenvalue weighted by Gasteiger charge is -2.29. The smallest absolute Gasteiger partial charge is 0.406 e. The number of carbonyl (C=O) groups is 2. The number of alkyl carbamates (subject to hydrolysis) is 1. The Morgan fingerprint density at radius 3 is 2.56 bits per heavy atom. The summed E-state index contributed by atoms with van der Waals surface area (Å²) < 4.78 is 10.9. The molecule has 0 saturated carbocycles. The van der Waals surface area contributed by atoms with Crippen molar-refractivity contribution in [3.05, 3.63) is 18.2 Å². The lowest BCUT2D eigenvalue weighted by molar-refractivity contribution is -0.150. The van der Waals surface area contributed by atoms with Gasteiger partial charge in [0.1, 0.15) is 0 Å². The predicted octanol–water partition coefficient (Wildman–Crippen LogP) is 0.436. The van der Waals surface area contributed by atoms with Crippen molar-refractivity contribution in [1.82, 2.24) is 14.9 Å². The fourth-order valence-electron chi connectivity index (χ4n) is 1.67. The van der Waals surface area contributed by atoms with E-state index in [4.69, 9.17) is 4.74 Å². The average molecular weight is 255 g/mol. The summed E-state index contributed by atoms with van der Waals surface area (Å²) in [5.74, 6) is -0.472. The van der Waals surface area contributed by atoms with Crippen LogP contribution in [0, 0.1) is 6.92 Å². The van der Waals surface area contributed by atoms with Crippen LogP contribution in [-0.2, 0) is 19.8 Å². The minimum absolute atomic E-state index is 0.0452. The third-order valence-corrected chi connectivity index (χ3v) is 2.74. The van der Waals surface area contributed by atoms with Crippen LogP contribution < -0.4 is 5.32 Å². The first-order valence-corrected chi connectivity index (χ1v) is 5.35. The second-order valence-corrected chi connectivity index (χ2v) is 4.02. The maximum atomic E-state index is 11.9. The molecule has 1 aromatic rings. The van der Waals surface area contributed by atoms with Crippen LogP contribution in [0.3, 0.4) is 0 Å². The largest absolute Gasteiger partial charge is 0.467 e. The fraction of sp³-hybridized carbons (Fsp3) is 0.545. The molecule has 1 atom stereocenters. The molecule has 0 spiro atoms. The van der Waals surface area contributed by atoms with E-state index >= 15 is 0 Å². The number of hydrogen-bond acceptors (Lipinski definition) is 5. The van der Waals surface area contributed by atoms with Crippen LogP contribution in [0.5, 0.6) is 0 Å². The van der Waals surface area contributed by atoms with E-state index in [0.717, 1.165) is 5.69 Å². The van der Waals surface area contributed by atoms with Crippen LogP contribution >= 0.6 is 0 Å². The third kappa shape index (κ3) is 2.61. The van der Waals surface area contributed by atoms with Crippen LogP contribution in [0.4, 0.5) is 4.79 Å². The summed E-state index contributed by atoms with van der Waals surface area (Å²) in [6.07, 6.45) is 2.53. The summed E-state index contributed by atoms with van der Waals surface area (Å²) in [7, 11) is 2.55. The van der Waals surface area contributed by atoms with Gasteiger partial charge in [0.05, 0.1) is 27.1 Å². The standard InChI is InChI=1S/C11H17N3O4/c1-8-5-12-7-14(8)11(2,9(15)17-3)6-13-10(16)18-4/h5,7H,6H2,1-4H3,(H,13,16)/t11-/m0/s1. The Hall–Kier alpha value is -2.05. The van der Waals surface area contributed by atoms with Gasteiger partial charge in [-0.15, -0.1) is 0 Å². The molecule has 7 heteroatoms. The minimum Gasteiger partial charge on any atom is -0.467 e. The zero-order chi connectivity index (χ0) is 13.8. The highest BCUT2D eigenvalue weighted by atomic mass is 16.5. The van der Waals surface area contributed by atoms with E-state index in [0.29, 0.717) is 0 Å². The van der Waals surface area contributed by atoms with Crippen LogP contribution in [0.1, 0.15) is 12.6 Å². The van der Waals surface area contributed by atoms with Crippen LogP contribution in [0.2, 0.25) is 0 Å². The number of aromatic nitrogens is 2. The molecule has 18 heavy (non-hydrogen) atoms. The Morgan fingerprint density at radius 1 is 1.44 bits per heavy atom. The Balaban J connectivity index is 3.00. The Labute approximate surface area is 105 Å². The molecule has 0 fully saturated rings. The molecule has 0 aliphatic heterocycles. The van der Waals surface area contributed by atoms with Crippen LogP contribution in [-0.4, -0.2) is 42.4 Å². The van der Waals surface area contributed by atoms with Crippen LogP contribution in [0.25, 0.3) is 0 Å².